The lowest BCUT2D eigenvalue weighted by atomic mass is 10.2. The van der Waals surface area contributed by atoms with E-state index in [4.69, 9.17) is 4.74 Å². The smallest absolute Gasteiger partial charge is 0.227 e. The van der Waals surface area contributed by atoms with Gasteiger partial charge in [-0.05, 0) is 43.2 Å². The fourth-order valence-corrected chi connectivity index (χ4v) is 3.22. The van der Waals surface area contributed by atoms with Crippen molar-refractivity contribution in [1.82, 2.24) is 0 Å². The first-order valence-electron chi connectivity index (χ1n) is 8.24. The molecule has 126 valence electrons. The molecule has 0 radical (unpaired) electrons. The molecule has 1 aliphatic heterocycles. The first-order valence-corrected chi connectivity index (χ1v) is 9.04. The largest absolute Gasteiger partial charge is 0.493 e. The zero-order chi connectivity index (χ0) is 16.8. The van der Waals surface area contributed by atoms with Gasteiger partial charge in [0.2, 0.25) is 5.91 Å². The maximum atomic E-state index is 12.2. The first kappa shape index (κ1) is 16.8. The highest BCUT2D eigenvalue weighted by molar-refractivity contribution is 9.10. The summed E-state index contributed by atoms with van der Waals surface area (Å²) in [5, 5.41) is 3.02. The predicted octanol–water partition coefficient (Wildman–Crippen LogP) is 4.46. The van der Waals surface area contributed by atoms with E-state index in [0.717, 1.165) is 34.7 Å². The Bertz CT molecular complexity index is 699. The molecule has 1 amide bonds. The molecular weight excluding hydrogens is 368 g/mol. The Kier molecular flexibility index (Phi) is 5.75. The number of benzene rings is 2. The molecule has 0 aliphatic carbocycles. The average Bonchev–Trinajstić information content (AvgIpc) is 3.10. The molecule has 3 rings (SSSR count). The predicted molar refractivity (Wildman–Crippen MR) is 101 cm³/mol. The second-order valence-corrected chi connectivity index (χ2v) is 6.73. The zero-order valence-corrected chi connectivity index (χ0v) is 15.1. The Labute approximate surface area is 150 Å². The van der Waals surface area contributed by atoms with Crippen molar-refractivity contribution in [3.8, 4) is 5.75 Å². The third-order valence-corrected chi connectivity index (χ3v) is 4.51. The van der Waals surface area contributed by atoms with Gasteiger partial charge in [-0.2, -0.15) is 0 Å². The van der Waals surface area contributed by atoms with Crippen LogP contribution in [0.25, 0.3) is 0 Å². The quantitative estimate of drug-likeness (QED) is 0.794. The molecule has 5 heteroatoms. The number of carbonyl (C=O) groups is 1. The summed E-state index contributed by atoms with van der Waals surface area (Å²) in [5.74, 6) is 0.728. The molecule has 0 aromatic heterocycles. The molecule has 1 saturated heterocycles. The van der Waals surface area contributed by atoms with E-state index in [2.05, 4.69) is 32.2 Å². The van der Waals surface area contributed by atoms with Crippen LogP contribution in [0.3, 0.4) is 0 Å². The van der Waals surface area contributed by atoms with E-state index in [9.17, 15) is 4.79 Å². The molecule has 4 nitrogen and oxygen atoms in total. The minimum Gasteiger partial charge on any atom is -0.493 e. The van der Waals surface area contributed by atoms with Crippen molar-refractivity contribution in [2.75, 3.05) is 29.9 Å². The maximum absolute atomic E-state index is 12.2. The van der Waals surface area contributed by atoms with Crippen LogP contribution in [0.1, 0.15) is 19.3 Å². The van der Waals surface area contributed by atoms with Gasteiger partial charge in [0.15, 0.2) is 0 Å². The molecule has 2 aromatic rings. The molecule has 0 spiro atoms. The highest BCUT2D eigenvalue weighted by Gasteiger charge is 2.16. The lowest BCUT2D eigenvalue weighted by molar-refractivity contribution is -0.116. The van der Waals surface area contributed by atoms with E-state index in [1.807, 2.05) is 42.5 Å². The maximum Gasteiger partial charge on any atom is 0.227 e. The van der Waals surface area contributed by atoms with E-state index < -0.39 is 0 Å². The van der Waals surface area contributed by atoms with Crippen LogP contribution in [0.15, 0.2) is 53.0 Å². The van der Waals surface area contributed by atoms with Crippen LogP contribution in [-0.4, -0.2) is 25.6 Å². The second-order valence-electron chi connectivity index (χ2n) is 5.82. The molecule has 0 bridgehead atoms. The van der Waals surface area contributed by atoms with Gasteiger partial charge in [-0.1, -0.05) is 34.1 Å². The van der Waals surface area contributed by atoms with E-state index in [1.54, 1.807) is 0 Å². The monoisotopic (exact) mass is 388 g/mol. The van der Waals surface area contributed by atoms with E-state index >= 15 is 0 Å². The number of anilines is 2. The summed E-state index contributed by atoms with van der Waals surface area (Å²) in [6, 6.07) is 15.6. The number of amides is 1. The Morgan fingerprint density at radius 1 is 1.12 bits per heavy atom. The van der Waals surface area contributed by atoms with Gasteiger partial charge in [0.05, 0.1) is 24.4 Å². The van der Waals surface area contributed by atoms with E-state index in [0.29, 0.717) is 13.0 Å². The summed E-state index contributed by atoms with van der Waals surface area (Å²) in [4.78, 5) is 14.5. The summed E-state index contributed by atoms with van der Waals surface area (Å²) in [6.45, 7) is 2.46. The number of ether oxygens (including phenoxy) is 1. The Morgan fingerprint density at radius 2 is 1.92 bits per heavy atom. The van der Waals surface area contributed by atoms with Crippen LogP contribution in [0, 0.1) is 0 Å². The van der Waals surface area contributed by atoms with Gasteiger partial charge in [-0.15, -0.1) is 0 Å². The molecule has 0 saturated carbocycles. The van der Waals surface area contributed by atoms with E-state index in [-0.39, 0.29) is 5.91 Å². The Balaban J connectivity index is 1.53. The Morgan fingerprint density at radius 3 is 2.71 bits per heavy atom. The van der Waals surface area contributed by atoms with Gasteiger partial charge in [-0.3, -0.25) is 4.79 Å². The summed E-state index contributed by atoms with van der Waals surface area (Å²) >= 11 is 3.40. The number of halogens is 1. The van der Waals surface area contributed by atoms with Crippen LogP contribution in [0.4, 0.5) is 11.4 Å². The van der Waals surface area contributed by atoms with Crippen molar-refractivity contribution < 1.29 is 9.53 Å². The topological polar surface area (TPSA) is 41.6 Å². The van der Waals surface area contributed by atoms with Crippen LogP contribution < -0.4 is 15.0 Å². The van der Waals surface area contributed by atoms with Gasteiger partial charge < -0.3 is 15.0 Å². The van der Waals surface area contributed by atoms with E-state index in [1.165, 1.54) is 12.8 Å². The highest BCUT2D eigenvalue weighted by atomic mass is 79.9. The Hall–Kier alpha value is -2.01. The normalized spacial score (nSPS) is 13.8. The van der Waals surface area contributed by atoms with Crippen molar-refractivity contribution in [2.24, 2.45) is 0 Å². The lowest BCUT2D eigenvalue weighted by Gasteiger charge is -2.21. The highest BCUT2D eigenvalue weighted by Crippen LogP contribution is 2.28. The third-order valence-electron chi connectivity index (χ3n) is 4.02. The van der Waals surface area contributed by atoms with Gasteiger partial charge in [0.25, 0.3) is 0 Å². The molecule has 1 aliphatic rings. The van der Waals surface area contributed by atoms with Crippen LogP contribution in [0.5, 0.6) is 5.75 Å². The van der Waals surface area contributed by atoms with Crippen LogP contribution in [0.2, 0.25) is 0 Å². The van der Waals surface area contributed by atoms with Crippen LogP contribution in [-0.2, 0) is 4.79 Å². The second kappa shape index (κ2) is 8.20. The molecular formula is C19H21BrN2O2. The zero-order valence-electron chi connectivity index (χ0n) is 13.5. The third kappa shape index (κ3) is 4.51. The number of carbonyl (C=O) groups excluding carboxylic acids is 1. The average molecular weight is 389 g/mol. The van der Waals surface area contributed by atoms with Gasteiger partial charge >= 0.3 is 0 Å². The lowest BCUT2D eigenvalue weighted by Crippen LogP contribution is -2.21. The van der Waals surface area contributed by atoms with Crippen molar-refractivity contribution in [1.29, 1.82) is 0 Å². The number of para-hydroxylation sites is 2. The standard InChI is InChI=1S/C19H21BrN2O2/c20-15-6-5-7-16(14-15)24-13-10-19(23)21-17-8-1-2-9-18(17)22-11-3-4-12-22/h1-2,5-9,14H,3-4,10-13H2,(H,21,23). The molecule has 1 N–H and O–H groups in total. The molecule has 2 aromatic carbocycles. The van der Waals surface area contributed by atoms with Gasteiger partial charge in [-0.25, -0.2) is 0 Å². The van der Waals surface area contributed by atoms with Crippen LogP contribution >= 0.6 is 15.9 Å². The minimum absolute atomic E-state index is 0.0309. The van der Waals surface area contributed by atoms with Crippen molar-refractivity contribution in [3.63, 3.8) is 0 Å². The number of nitrogens with zero attached hydrogens (tertiary/aromatic N) is 1. The summed E-state index contributed by atoms with van der Waals surface area (Å²) in [6.07, 6.45) is 2.74. The molecule has 0 unspecified atom stereocenters. The first-order chi connectivity index (χ1) is 11.7. The molecule has 1 heterocycles. The summed E-state index contributed by atoms with van der Waals surface area (Å²) in [7, 11) is 0. The van der Waals surface area contributed by atoms with Crippen molar-refractivity contribution in [3.05, 3.63) is 53.0 Å². The number of nitrogens with one attached hydrogen (secondary N) is 1. The van der Waals surface area contributed by atoms with Gasteiger partial charge in [0, 0.05) is 17.6 Å². The van der Waals surface area contributed by atoms with Gasteiger partial charge in [0.1, 0.15) is 5.75 Å². The molecule has 0 atom stereocenters. The number of hydrogen-bond acceptors (Lipinski definition) is 3. The SMILES string of the molecule is O=C(CCOc1cccc(Br)c1)Nc1ccccc1N1CCCC1. The van der Waals surface area contributed by atoms with Crippen molar-refractivity contribution in [2.45, 2.75) is 19.3 Å². The minimum atomic E-state index is -0.0309. The van der Waals surface area contributed by atoms with Crippen molar-refractivity contribution >= 4 is 33.2 Å². The summed E-state index contributed by atoms with van der Waals surface area (Å²) in [5.41, 5.74) is 1.99. The number of hydrogen-bond donors (Lipinski definition) is 1. The fourth-order valence-electron chi connectivity index (χ4n) is 2.84. The molecule has 1 fully saturated rings. The summed E-state index contributed by atoms with van der Waals surface area (Å²) < 4.78 is 6.59. The molecule has 24 heavy (non-hydrogen) atoms. The fraction of sp³-hybridized carbons (Fsp3) is 0.316. The number of rotatable bonds is 6.